The predicted molar refractivity (Wildman–Crippen MR) is 77.2 cm³/mol. The number of rotatable bonds is 6. The van der Waals surface area contributed by atoms with Gasteiger partial charge in [-0.15, -0.1) is 0 Å². The highest BCUT2D eigenvalue weighted by atomic mass is 32.2. The molecule has 0 bridgehead atoms. The summed E-state index contributed by atoms with van der Waals surface area (Å²) in [7, 11) is 0. The highest BCUT2D eigenvalue weighted by molar-refractivity contribution is 8.00. The van der Waals surface area contributed by atoms with Crippen LogP contribution in [0.25, 0.3) is 0 Å². The van der Waals surface area contributed by atoms with Gasteiger partial charge in [0.25, 0.3) is 0 Å². The number of pyridine rings is 1. The molecule has 2 heterocycles. The normalized spacial score (nSPS) is 10.6. The van der Waals surface area contributed by atoms with Gasteiger partial charge >= 0.3 is 0 Å². The molecule has 0 unspecified atom stereocenters. The Kier molecular flexibility index (Phi) is 4.95. The van der Waals surface area contributed by atoms with E-state index in [2.05, 4.69) is 26.6 Å². The molecule has 0 saturated heterocycles. The molecule has 0 amide bonds. The first-order chi connectivity index (χ1) is 8.78. The fourth-order valence-corrected chi connectivity index (χ4v) is 2.94. The Bertz CT molecular complexity index is 498. The Morgan fingerprint density at radius 3 is 2.94 bits per heavy atom. The summed E-state index contributed by atoms with van der Waals surface area (Å²) in [4.78, 5) is 8.88. The monoisotopic (exact) mass is 280 g/mol. The van der Waals surface area contributed by atoms with E-state index in [0.29, 0.717) is 0 Å². The summed E-state index contributed by atoms with van der Waals surface area (Å²) in [6.07, 6.45) is 1.10. The highest BCUT2D eigenvalue weighted by Gasteiger charge is 2.03. The lowest BCUT2D eigenvalue weighted by molar-refractivity contribution is 0.965. The molecule has 0 aliphatic carbocycles. The Balaban J connectivity index is 1.92. The van der Waals surface area contributed by atoms with E-state index >= 15 is 0 Å². The maximum atomic E-state index is 4.56. The van der Waals surface area contributed by atoms with Crippen LogP contribution in [0.1, 0.15) is 24.9 Å². The number of aromatic nitrogens is 3. The van der Waals surface area contributed by atoms with E-state index in [9.17, 15) is 0 Å². The molecule has 0 fully saturated rings. The Hall–Kier alpha value is -1.14. The molecule has 1 N–H and O–H groups in total. The Labute approximate surface area is 115 Å². The quantitative estimate of drug-likeness (QED) is 0.822. The minimum absolute atomic E-state index is 0.830. The number of anilines is 1. The van der Waals surface area contributed by atoms with Crippen LogP contribution in [0.3, 0.4) is 0 Å². The molecule has 96 valence electrons. The van der Waals surface area contributed by atoms with Gasteiger partial charge in [0.05, 0.1) is 5.69 Å². The Morgan fingerprint density at radius 2 is 2.22 bits per heavy atom. The molecule has 2 rings (SSSR count). The van der Waals surface area contributed by atoms with E-state index in [4.69, 9.17) is 0 Å². The lowest BCUT2D eigenvalue weighted by Crippen LogP contribution is -2.02. The third kappa shape index (κ3) is 3.96. The van der Waals surface area contributed by atoms with Crippen LogP contribution in [-0.2, 0) is 5.75 Å². The molecule has 0 aromatic carbocycles. The van der Waals surface area contributed by atoms with Crippen molar-refractivity contribution in [2.45, 2.75) is 30.4 Å². The van der Waals surface area contributed by atoms with E-state index in [1.165, 1.54) is 11.5 Å². The lowest BCUT2D eigenvalue weighted by Gasteiger charge is -2.05. The minimum Gasteiger partial charge on any atom is -0.370 e. The molecule has 4 nitrogen and oxygen atoms in total. The molecular formula is C12H16N4S2. The van der Waals surface area contributed by atoms with Crippen molar-refractivity contribution in [3.05, 3.63) is 29.7 Å². The summed E-state index contributed by atoms with van der Waals surface area (Å²) >= 11 is 3.13. The van der Waals surface area contributed by atoms with Crippen LogP contribution in [0.15, 0.2) is 22.5 Å². The number of hydrogen-bond donors (Lipinski definition) is 1. The number of nitrogens with one attached hydrogen (secondary N) is 1. The second-order valence-corrected chi connectivity index (χ2v) is 5.81. The van der Waals surface area contributed by atoms with Crippen molar-refractivity contribution in [1.29, 1.82) is 0 Å². The van der Waals surface area contributed by atoms with Crippen molar-refractivity contribution in [1.82, 2.24) is 14.3 Å². The van der Waals surface area contributed by atoms with Gasteiger partial charge in [-0.1, -0.05) is 24.8 Å². The third-order valence-electron chi connectivity index (χ3n) is 2.22. The van der Waals surface area contributed by atoms with Crippen LogP contribution in [0.5, 0.6) is 0 Å². The molecule has 0 saturated carbocycles. The predicted octanol–water partition coefficient (Wildman–Crippen LogP) is 3.36. The van der Waals surface area contributed by atoms with Crippen molar-refractivity contribution in [3.63, 3.8) is 0 Å². The van der Waals surface area contributed by atoms with E-state index in [1.807, 2.05) is 25.1 Å². The minimum atomic E-state index is 0.830. The first kappa shape index (κ1) is 13.3. The number of aryl methyl sites for hydroxylation is 1. The molecule has 0 aliphatic heterocycles. The molecule has 6 heteroatoms. The van der Waals surface area contributed by atoms with Crippen LogP contribution in [0.2, 0.25) is 0 Å². The zero-order valence-electron chi connectivity index (χ0n) is 10.5. The zero-order chi connectivity index (χ0) is 12.8. The van der Waals surface area contributed by atoms with Crippen LogP contribution >= 0.6 is 23.3 Å². The fraction of sp³-hybridized carbons (Fsp3) is 0.417. The maximum absolute atomic E-state index is 4.56. The average Bonchev–Trinajstić information content (AvgIpc) is 2.80. The van der Waals surface area contributed by atoms with Gasteiger partial charge in [-0.2, -0.15) is 4.37 Å². The van der Waals surface area contributed by atoms with Gasteiger partial charge in [0.15, 0.2) is 4.34 Å². The number of hydrogen-bond acceptors (Lipinski definition) is 6. The largest absolute Gasteiger partial charge is 0.370 e. The Morgan fingerprint density at radius 1 is 1.33 bits per heavy atom. The summed E-state index contributed by atoms with van der Waals surface area (Å²) in [5, 5.41) is 3.29. The van der Waals surface area contributed by atoms with Crippen LogP contribution < -0.4 is 5.32 Å². The summed E-state index contributed by atoms with van der Waals surface area (Å²) in [6, 6.07) is 6.07. The lowest BCUT2D eigenvalue weighted by atomic mass is 10.3. The number of thioether (sulfide) groups is 1. The smallest absolute Gasteiger partial charge is 0.170 e. The molecule has 0 spiro atoms. The first-order valence-corrected chi connectivity index (χ1v) is 7.66. The second kappa shape index (κ2) is 6.70. The summed E-state index contributed by atoms with van der Waals surface area (Å²) in [6.45, 7) is 5.01. The van der Waals surface area contributed by atoms with Crippen LogP contribution in [0, 0.1) is 6.92 Å². The third-order valence-corrected chi connectivity index (χ3v) is 4.17. The maximum Gasteiger partial charge on any atom is 0.170 e. The van der Waals surface area contributed by atoms with Gasteiger partial charge in [-0.25, -0.2) is 9.97 Å². The highest BCUT2D eigenvalue weighted by Crippen LogP contribution is 2.23. The molecule has 2 aromatic rings. The van der Waals surface area contributed by atoms with Gasteiger partial charge < -0.3 is 5.32 Å². The van der Waals surface area contributed by atoms with E-state index < -0.39 is 0 Å². The van der Waals surface area contributed by atoms with Gasteiger partial charge in [0.2, 0.25) is 0 Å². The number of nitrogens with zero attached hydrogens (tertiary/aromatic N) is 3. The topological polar surface area (TPSA) is 50.7 Å². The van der Waals surface area contributed by atoms with Crippen molar-refractivity contribution in [2.75, 3.05) is 11.9 Å². The summed E-state index contributed by atoms with van der Waals surface area (Å²) in [5.41, 5.74) is 1.06. The van der Waals surface area contributed by atoms with Crippen LogP contribution in [0.4, 0.5) is 5.82 Å². The zero-order valence-corrected chi connectivity index (χ0v) is 12.1. The standard InChI is InChI=1S/C12H16N4S2/c1-3-7-13-11-6-4-5-10(15-11)8-17-12-14-9(2)16-18-12/h4-6H,3,7-8H2,1-2H3,(H,13,15). The molecule has 0 atom stereocenters. The van der Waals surface area contributed by atoms with E-state index in [1.54, 1.807) is 11.8 Å². The molecule has 18 heavy (non-hydrogen) atoms. The first-order valence-electron chi connectivity index (χ1n) is 5.91. The molecule has 0 radical (unpaired) electrons. The van der Waals surface area contributed by atoms with Gasteiger partial charge in [-0.3, -0.25) is 0 Å². The van der Waals surface area contributed by atoms with E-state index in [-0.39, 0.29) is 0 Å². The van der Waals surface area contributed by atoms with Crippen molar-refractivity contribution < 1.29 is 0 Å². The van der Waals surface area contributed by atoms with Gasteiger partial charge in [0, 0.05) is 12.3 Å². The van der Waals surface area contributed by atoms with Crippen molar-refractivity contribution >= 4 is 29.1 Å². The summed E-state index contributed by atoms with van der Waals surface area (Å²) in [5.74, 6) is 2.62. The van der Waals surface area contributed by atoms with Crippen molar-refractivity contribution in [3.8, 4) is 0 Å². The molecule has 0 aliphatic rings. The van der Waals surface area contributed by atoms with E-state index in [0.717, 1.165) is 40.4 Å². The molecular weight excluding hydrogens is 264 g/mol. The van der Waals surface area contributed by atoms with Crippen LogP contribution in [-0.4, -0.2) is 20.9 Å². The van der Waals surface area contributed by atoms with Gasteiger partial charge in [-0.05, 0) is 37.0 Å². The fourth-order valence-electron chi connectivity index (χ4n) is 1.38. The second-order valence-electron chi connectivity index (χ2n) is 3.84. The summed E-state index contributed by atoms with van der Waals surface area (Å²) < 4.78 is 5.17. The SMILES string of the molecule is CCCNc1cccc(CSc2nc(C)ns2)n1. The van der Waals surface area contributed by atoms with Gasteiger partial charge in [0.1, 0.15) is 11.6 Å². The average molecular weight is 280 g/mol. The van der Waals surface area contributed by atoms with Crippen molar-refractivity contribution in [2.24, 2.45) is 0 Å². The molecule has 2 aromatic heterocycles.